The van der Waals surface area contributed by atoms with Crippen molar-refractivity contribution in [2.45, 2.75) is 45.6 Å². The number of likely N-dealkylation sites (tertiary alicyclic amines) is 1. The van der Waals surface area contributed by atoms with E-state index < -0.39 is 0 Å². The van der Waals surface area contributed by atoms with Crippen molar-refractivity contribution in [2.24, 2.45) is 5.41 Å². The highest BCUT2D eigenvalue weighted by atomic mass is 16.5. The molecule has 7 heteroatoms. The van der Waals surface area contributed by atoms with Gasteiger partial charge in [0.2, 0.25) is 5.91 Å². The van der Waals surface area contributed by atoms with Crippen molar-refractivity contribution < 1.29 is 19.4 Å². The fraction of sp³-hybridized carbons (Fsp3) is 0.538. The highest BCUT2D eigenvalue weighted by molar-refractivity contribution is 5.77. The molecule has 0 radical (unpaired) electrons. The van der Waals surface area contributed by atoms with Crippen LogP contribution in [0.25, 0.3) is 0 Å². The molecule has 0 spiro atoms. The first-order valence-electron chi connectivity index (χ1n) is 11.8. The van der Waals surface area contributed by atoms with Crippen molar-refractivity contribution in [3.63, 3.8) is 0 Å². The number of carbonyl (C=O) groups excluding carboxylic acids is 1. The summed E-state index contributed by atoms with van der Waals surface area (Å²) in [5.74, 6) is 2.65. The Morgan fingerprint density at radius 1 is 1.21 bits per heavy atom. The molecule has 178 valence electrons. The van der Waals surface area contributed by atoms with E-state index in [0.29, 0.717) is 13.1 Å². The van der Waals surface area contributed by atoms with Crippen molar-refractivity contribution in [3.8, 4) is 11.5 Å². The summed E-state index contributed by atoms with van der Waals surface area (Å²) in [6, 6.07) is 10.3. The molecule has 2 aliphatic heterocycles. The van der Waals surface area contributed by atoms with E-state index in [4.69, 9.17) is 9.47 Å². The number of hydrogen-bond acceptors (Lipinski definition) is 6. The van der Waals surface area contributed by atoms with Crippen LogP contribution in [0.15, 0.2) is 36.5 Å². The molecule has 1 N–H and O–H groups in total. The molecule has 4 rings (SSSR count). The number of amides is 1. The highest BCUT2D eigenvalue weighted by Gasteiger charge is 2.44. The lowest BCUT2D eigenvalue weighted by molar-refractivity contribution is -0.131. The third-order valence-corrected chi connectivity index (χ3v) is 7.23. The topological polar surface area (TPSA) is 75.1 Å². The minimum atomic E-state index is -0.111. The van der Waals surface area contributed by atoms with E-state index >= 15 is 0 Å². The second-order valence-corrected chi connectivity index (χ2v) is 9.56. The van der Waals surface area contributed by atoms with Gasteiger partial charge >= 0.3 is 0 Å². The number of benzene rings is 1. The molecule has 0 bridgehead atoms. The first kappa shape index (κ1) is 23.4. The number of nitrogens with zero attached hydrogens (tertiary/aromatic N) is 3. The van der Waals surface area contributed by atoms with Gasteiger partial charge in [0.15, 0.2) is 11.5 Å². The van der Waals surface area contributed by atoms with E-state index in [9.17, 15) is 9.90 Å². The first-order chi connectivity index (χ1) is 15.9. The monoisotopic (exact) mass is 453 g/mol. The molecule has 3 heterocycles. The lowest BCUT2D eigenvalue weighted by Crippen LogP contribution is -2.54. The van der Waals surface area contributed by atoms with Gasteiger partial charge in [-0.25, -0.2) is 4.98 Å². The summed E-state index contributed by atoms with van der Waals surface area (Å²) in [6.45, 7) is 9.27. The Labute approximate surface area is 196 Å². The molecule has 2 aromatic rings. The van der Waals surface area contributed by atoms with Gasteiger partial charge in [-0.2, -0.15) is 0 Å². The zero-order chi connectivity index (χ0) is 23.6. The Balaban J connectivity index is 1.48. The maximum absolute atomic E-state index is 12.5. The molecule has 2 atom stereocenters. The van der Waals surface area contributed by atoms with E-state index in [0.717, 1.165) is 48.0 Å². The second-order valence-electron chi connectivity index (χ2n) is 9.56. The number of rotatable bonds is 8. The number of carbonyl (C=O) groups is 1. The molecule has 2 saturated heterocycles. The molecule has 33 heavy (non-hydrogen) atoms. The second kappa shape index (κ2) is 9.59. The number of aliphatic hydroxyl groups excluding tert-OH is 1. The van der Waals surface area contributed by atoms with Crippen molar-refractivity contribution in [1.29, 1.82) is 0 Å². The number of pyridine rings is 1. The Morgan fingerprint density at radius 3 is 2.64 bits per heavy atom. The van der Waals surface area contributed by atoms with E-state index in [1.54, 1.807) is 7.11 Å². The number of aryl methyl sites for hydroxylation is 1. The van der Waals surface area contributed by atoms with Gasteiger partial charge in [-0.05, 0) is 48.1 Å². The maximum atomic E-state index is 12.5. The fourth-order valence-electron chi connectivity index (χ4n) is 4.89. The third kappa shape index (κ3) is 4.78. The van der Waals surface area contributed by atoms with Gasteiger partial charge in [0.1, 0.15) is 11.9 Å². The molecular weight excluding hydrogens is 418 g/mol. The van der Waals surface area contributed by atoms with Crippen molar-refractivity contribution in [1.82, 2.24) is 9.88 Å². The molecule has 0 aliphatic carbocycles. The zero-order valence-electron chi connectivity index (χ0n) is 20.1. The maximum Gasteiger partial charge on any atom is 0.224 e. The summed E-state index contributed by atoms with van der Waals surface area (Å²) in [5, 5.41) is 9.19. The van der Waals surface area contributed by atoms with E-state index in [1.807, 2.05) is 30.2 Å². The molecule has 1 aromatic heterocycles. The lowest BCUT2D eigenvalue weighted by atomic mass is 9.74. The minimum absolute atomic E-state index is 0.0175. The molecule has 0 saturated carbocycles. The number of aliphatic hydroxyl groups is 1. The predicted molar refractivity (Wildman–Crippen MR) is 128 cm³/mol. The quantitative estimate of drug-likeness (QED) is 0.660. The SMILES string of the molecule is CC[C@]1(C)CN(C(=O)CCO)CC1c1ccc(OC)c(OC2CN(c3ccc(C)cn3)C2)c1. The minimum Gasteiger partial charge on any atom is -0.493 e. The molecule has 1 amide bonds. The van der Waals surface area contributed by atoms with Crippen LogP contribution in [0.2, 0.25) is 0 Å². The van der Waals surface area contributed by atoms with Crippen LogP contribution in [0.3, 0.4) is 0 Å². The summed E-state index contributed by atoms with van der Waals surface area (Å²) in [6.07, 6.45) is 3.10. The van der Waals surface area contributed by atoms with Crippen LogP contribution in [-0.4, -0.2) is 66.9 Å². The average Bonchev–Trinajstić information content (AvgIpc) is 3.15. The first-order valence-corrected chi connectivity index (χ1v) is 11.8. The molecule has 2 aliphatic rings. The molecule has 7 nitrogen and oxygen atoms in total. The Morgan fingerprint density at radius 2 is 2.00 bits per heavy atom. The average molecular weight is 454 g/mol. The van der Waals surface area contributed by atoms with E-state index in [-0.39, 0.29) is 36.4 Å². The normalized spacial score (nSPS) is 22.9. The summed E-state index contributed by atoms with van der Waals surface area (Å²) < 4.78 is 11.9. The summed E-state index contributed by atoms with van der Waals surface area (Å²) >= 11 is 0. The van der Waals surface area contributed by atoms with Gasteiger partial charge in [0.25, 0.3) is 0 Å². The molecular formula is C26H35N3O4. The van der Waals surface area contributed by atoms with Crippen LogP contribution >= 0.6 is 0 Å². The van der Waals surface area contributed by atoms with E-state index in [2.05, 4.69) is 41.9 Å². The Hall–Kier alpha value is -2.80. The Kier molecular flexibility index (Phi) is 6.79. The highest BCUT2D eigenvalue weighted by Crippen LogP contribution is 2.47. The summed E-state index contributed by atoms with van der Waals surface area (Å²) in [5.41, 5.74) is 2.28. The standard InChI is InChI=1S/C26H35N3O4/c1-5-26(3)17-29(25(31)10-11-30)16-21(26)19-7-8-22(32-4)23(12-19)33-20-14-28(15-20)24-9-6-18(2)13-27-24/h6-9,12-13,20-21,30H,5,10-11,14-17H2,1-4H3/t21?,26-/m1/s1. The zero-order valence-corrected chi connectivity index (χ0v) is 20.1. The lowest BCUT2D eigenvalue weighted by Gasteiger charge is -2.40. The number of methoxy groups -OCH3 is 1. The number of aromatic nitrogens is 1. The van der Waals surface area contributed by atoms with Crippen molar-refractivity contribution in [3.05, 3.63) is 47.7 Å². The van der Waals surface area contributed by atoms with Gasteiger partial charge in [0.05, 0.1) is 26.8 Å². The summed E-state index contributed by atoms with van der Waals surface area (Å²) in [4.78, 5) is 21.1. The van der Waals surface area contributed by atoms with Crippen molar-refractivity contribution >= 4 is 11.7 Å². The molecule has 1 unspecified atom stereocenters. The van der Waals surface area contributed by atoms with Gasteiger partial charge in [-0.1, -0.05) is 26.0 Å². The van der Waals surface area contributed by atoms with Crippen LogP contribution < -0.4 is 14.4 Å². The van der Waals surface area contributed by atoms with Crippen LogP contribution in [0.5, 0.6) is 11.5 Å². The predicted octanol–water partition coefficient (Wildman–Crippen LogP) is 3.39. The summed E-state index contributed by atoms with van der Waals surface area (Å²) in [7, 11) is 1.66. The Bertz CT molecular complexity index is 974. The van der Waals surface area contributed by atoms with Gasteiger partial charge in [-0.15, -0.1) is 0 Å². The molecule has 1 aromatic carbocycles. The molecule has 2 fully saturated rings. The van der Waals surface area contributed by atoms with Crippen LogP contribution in [-0.2, 0) is 4.79 Å². The van der Waals surface area contributed by atoms with Gasteiger partial charge in [0, 0.05) is 31.6 Å². The van der Waals surface area contributed by atoms with Crippen molar-refractivity contribution in [2.75, 3.05) is 44.8 Å². The largest absolute Gasteiger partial charge is 0.493 e. The number of hydrogen-bond donors (Lipinski definition) is 1. The smallest absolute Gasteiger partial charge is 0.224 e. The van der Waals surface area contributed by atoms with Crippen LogP contribution in [0.4, 0.5) is 5.82 Å². The van der Waals surface area contributed by atoms with Crippen LogP contribution in [0.1, 0.15) is 43.7 Å². The van der Waals surface area contributed by atoms with E-state index in [1.165, 1.54) is 0 Å². The fourth-order valence-corrected chi connectivity index (χ4v) is 4.89. The third-order valence-electron chi connectivity index (χ3n) is 7.23. The van der Waals surface area contributed by atoms with Gasteiger partial charge < -0.3 is 24.4 Å². The van der Waals surface area contributed by atoms with Crippen LogP contribution in [0, 0.1) is 12.3 Å². The number of anilines is 1. The number of ether oxygens (including phenoxy) is 2. The van der Waals surface area contributed by atoms with Gasteiger partial charge in [-0.3, -0.25) is 4.79 Å².